The first-order valence-electron chi connectivity index (χ1n) is 8.78. The van der Waals surface area contributed by atoms with E-state index in [0.29, 0.717) is 26.4 Å². The number of hydrogen-bond donors (Lipinski definition) is 1. The van der Waals surface area contributed by atoms with Crippen LogP contribution >= 0.6 is 0 Å². The van der Waals surface area contributed by atoms with Gasteiger partial charge in [0, 0.05) is 18.4 Å². The molecule has 0 bridgehead atoms. The summed E-state index contributed by atoms with van der Waals surface area (Å²) in [5.74, 6) is 0.277. The van der Waals surface area contributed by atoms with Crippen molar-refractivity contribution in [2.24, 2.45) is 11.8 Å². The highest BCUT2D eigenvalue weighted by Crippen LogP contribution is 2.37. The van der Waals surface area contributed by atoms with E-state index >= 15 is 0 Å². The number of benzene rings is 1. The van der Waals surface area contributed by atoms with Crippen LogP contribution in [0.5, 0.6) is 0 Å². The van der Waals surface area contributed by atoms with Gasteiger partial charge in [0.1, 0.15) is 5.60 Å². The Morgan fingerprint density at radius 1 is 1.20 bits per heavy atom. The summed E-state index contributed by atoms with van der Waals surface area (Å²) < 4.78 is 22.8. The van der Waals surface area contributed by atoms with E-state index in [1.165, 1.54) is 0 Å². The smallest absolute Gasteiger partial charge is 0.407 e. The van der Waals surface area contributed by atoms with Gasteiger partial charge in [0.05, 0.1) is 25.9 Å². The second kappa shape index (κ2) is 7.72. The van der Waals surface area contributed by atoms with Crippen LogP contribution in [0.25, 0.3) is 0 Å². The van der Waals surface area contributed by atoms with Gasteiger partial charge in [-0.2, -0.15) is 0 Å². The fourth-order valence-electron chi connectivity index (χ4n) is 3.26. The molecule has 1 aromatic rings. The summed E-state index contributed by atoms with van der Waals surface area (Å²) in [6.45, 7) is 7.65. The molecule has 0 unspecified atom stereocenters. The van der Waals surface area contributed by atoms with Crippen molar-refractivity contribution < 1.29 is 23.7 Å². The van der Waals surface area contributed by atoms with E-state index in [9.17, 15) is 4.79 Å². The fourth-order valence-corrected chi connectivity index (χ4v) is 3.26. The van der Waals surface area contributed by atoms with E-state index in [0.717, 1.165) is 5.56 Å². The minimum atomic E-state index is -0.503. The van der Waals surface area contributed by atoms with Gasteiger partial charge in [0.15, 0.2) is 6.29 Å². The van der Waals surface area contributed by atoms with E-state index in [2.05, 4.69) is 5.32 Å². The van der Waals surface area contributed by atoms with E-state index in [-0.39, 0.29) is 24.2 Å². The SMILES string of the molecule is CC(C)(C)OC(=O)NC[C@@H]1CO[C@@H]2OC[C@H](OCc3ccccc3)[C@H]12. The summed E-state index contributed by atoms with van der Waals surface area (Å²) in [6, 6.07) is 10.1. The Bertz CT molecular complexity index is 571. The van der Waals surface area contributed by atoms with Gasteiger partial charge in [-0.1, -0.05) is 30.3 Å². The summed E-state index contributed by atoms with van der Waals surface area (Å²) in [7, 11) is 0. The van der Waals surface area contributed by atoms with Crippen molar-refractivity contribution in [3.63, 3.8) is 0 Å². The van der Waals surface area contributed by atoms with Gasteiger partial charge in [0.2, 0.25) is 0 Å². The second-order valence-electron chi connectivity index (χ2n) is 7.59. The van der Waals surface area contributed by atoms with Gasteiger partial charge < -0.3 is 24.3 Å². The first-order chi connectivity index (χ1) is 11.9. The first-order valence-corrected chi connectivity index (χ1v) is 8.78. The average Bonchev–Trinajstić information content (AvgIpc) is 3.13. The number of carbonyl (C=O) groups excluding carboxylic acids is 1. The van der Waals surface area contributed by atoms with Crippen molar-refractivity contribution in [3.05, 3.63) is 35.9 Å². The standard InChI is InChI=1S/C19H27NO5/c1-19(2,3)25-18(21)20-9-14-11-23-17-16(14)15(12-24-17)22-10-13-7-5-4-6-8-13/h4-8,14-17H,9-12H2,1-3H3,(H,20,21)/t14-,15+,16+,17-/m1/s1. The van der Waals surface area contributed by atoms with Gasteiger partial charge in [-0.05, 0) is 26.3 Å². The van der Waals surface area contributed by atoms with Gasteiger partial charge in [0.25, 0.3) is 0 Å². The molecule has 25 heavy (non-hydrogen) atoms. The van der Waals surface area contributed by atoms with E-state index in [1.807, 2.05) is 51.1 Å². The predicted molar refractivity (Wildman–Crippen MR) is 91.9 cm³/mol. The van der Waals surface area contributed by atoms with Crippen LogP contribution in [0.2, 0.25) is 0 Å². The number of amides is 1. The molecule has 0 radical (unpaired) electrons. The Balaban J connectivity index is 1.51. The van der Waals surface area contributed by atoms with Crippen LogP contribution in [-0.4, -0.2) is 43.8 Å². The molecule has 0 spiro atoms. The Morgan fingerprint density at radius 2 is 1.92 bits per heavy atom. The molecule has 1 N–H and O–H groups in total. The fraction of sp³-hybridized carbons (Fsp3) is 0.632. The number of ether oxygens (including phenoxy) is 4. The van der Waals surface area contributed by atoms with Crippen molar-refractivity contribution >= 4 is 6.09 Å². The zero-order valence-corrected chi connectivity index (χ0v) is 15.1. The van der Waals surface area contributed by atoms with E-state index in [4.69, 9.17) is 18.9 Å². The number of nitrogens with one attached hydrogen (secondary N) is 1. The summed E-state index contributed by atoms with van der Waals surface area (Å²) in [6.07, 6.45) is -0.680. The highest BCUT2D eigenvalue weighted by atomic mass is 16.7. The monoisotopic (exact) mass is 349 g/mol. The number of carbonyl (C=O) groups is 1. The van der Waals surface area contributed by atoms with Gasteiger partial charge >= 0.3 is 6.09 Å². The maximum absolute atomic E-state index is 11.9. The minimum Gasteiger partial charge on any atom is -0.444 e. The summed E-state index contributed by atoms with van der Waals surface area (Å²) >= 11 is 0. The van der Waals surface area contributed by atoms with Crippen LogP contribution < -0.4 is 5.32 Å². The third-order valence-corrected chi connectivity index (χ3v) is 4.40. The summed E-state index contributed by atoms with van der Waals surface area (Å²) in [4.78, 5) is 11.9. The van der Waals surface area contributed by atoms with Gasteiger partial charge in [-0.15, -0.1) is 0 Å². The molecule has 4 atom stereocenters. The van der Waals surface area contributed by atoms with Crippen molar-refractivity contribution in [2.75, 3.05) is 19.8 Å². The molecule has 0 saturated carbocycles. The van der Waals surface area contributed by atoms with Crippen LogP contribution in [-0.2, 0) is 25.6 Å². The Labute approximate surface area is 148 Å². The molecule has 3 rings (SSSR count). The molecule has 138 valence electrons. The maximum atomic E-state index is 11.9. The third-order valence-electron chi connectivity index (χ3n) is 4.40. The molecule has 2 fully saturated rings. The molecule has 1 aromatic carbocycles. The Morgan fingerprint density at radius 3 is 2.64 bits per heavy atom. The summed E-state index contributed by atoms with van der Waals surface area (Å²) in [5.41, 5.74) is 0.629. The lowest BCUT2D eigenvalue weighted by Gasteiger charge is -2.24. The van der Waals surface area contributed by atoms with Crippen LogP contribution in [0.1, 0.15) is 26.3 Å². The molecule has 2 aliphatic rings. The van der Waals surface area contributed by atoms with E-state index in [1.54, 1.807) is 0 Å². The average molecular weight is 349 g/mol. The Kier molecular flexibility index (Phi) is 5.61. The lowest BCUT2D eigenvalue weighted by molar-refractivity contribution is -0.0911. The van der Waals surface area contributed by atoms with Crippen LogP contribution in [0, 0.1) is 11.8 Å². The number of rotatable bonds is 5. The van der Waals surface area contributed by atoms with Crippen molar-refractivity contribution in [2.45, 2.75) is 45.4 Å². The highest BCUT2D eigenvalue weighted by molar-refractivity contribution is 5.67. The molecular weight excluding hydrogens is 322 g/mol. The maximum Gasteiger partial charge on any atom is 0.407 e. The largest absolute Gasteiger partial charge is 0.444 e. The quantitative estimate of drug-likeness (QED) is 0.885. The van der Waals surface area contributed by atoms with Gasteiger partial charge in [-0.25, -0.2) is 4.79 Å². The predicted octanol–water partition coefficient (Wildman–Crippen LogP) is 2.72. The van der Waals surface area contributed by atoms with Crippen molar-refractivity contribution in [1.29, 1.82) is 0 Å². The molecular formula is C19H27NO5. The van der Waals surface area contributed by atoms with E-state index < -0.39 is 11.7 Å². The molecule has 1 amide bonds. The molecule has 2 saturated heterocycles. The minimum absolute atomic E-state index is 0.0295. The topological polar surface area (TPSA) is 66.0 Å². The summed E-state index contributed by atoms with van der Waals surface area (Å²) in [5, 5.41) is 2.84. The lowest BCUT2D eigenvalue weighted by Crippen LogP contribution is -2.39. The first kappa shape index (κ1) is 18.2. The van der Waals surface area contributed by atoms with Crippen molar-refractivity contribution in [3.8, 4) is 0 Å². The number of hydrogen-bond acceptors (Lipinski definition) is 5. The van der Waals surface area contributed by atoms with Crippen LogP contribution in [0.15, 0.2) is 30.3 Å². The molecule has 6 heteroatoms. The number of alkyl carbamates (subject to hydrolysis) is 1. The molecule has 6 nitrogen and oxygen atoms in total. The zero-order valence-electron chi connectivity index (χ0n) is 15.1. The molecule has 2 aliphatic heterocycles. The second-order valence-corrected chi connectivity index (χ2v) is 7.59. The van der Waals surface area contributed by atoms with Crippen LogP contribution in [0.3, 0.4) is 0 Å². The molecule has 2 heterocycles. The van der Waals surface area contributed by atoms with Crippen molar-refractivity contribution in [1.82, 2.24) is 5.32 Å². The third kappa shape index (κ3) is 4.93. The van der Waals surface area contributed by atoms with Crippen LogP contribution in [0.4, 0.5) is 4.79 Å². The number of fused-ring (bicyclic) bond motifs is 1. The normalized spacial score (nSPS) is 28.6. The Hall–Kier alpha value is -1.63. The lowest BCUT2D eigenvalue weighted by atomic mass is 9.91. The zero-order chi connectivity index (χ0) is 17.9. The molecule has 0 aromatic heterocycles. The highest BCUT2D eigenvalue weighted by Gasteiger charge is 2.48. The molecule has 0 aliphatic carbocycles. The van der Waals surface area contributed by atoms with Gasteiger partial charge in [-0.3, -0.25) is 0 Å².